The SMILES string of the molecule is Cc1ccc(NC(=O)CSc2cc(Cl)ccc2Cl)cc1Br. The van der Waals surface area contributed by atoms with Crippen LogP contribution in [0.4, 0.5) is 5.69 Å². The number of amides is 1. The van der Waals surface area contributed by atoms with Crippen molar-refractivity contribution in [2.24, 2.45) is 0 Å². The standard InChI is InChI=1S/C15H12BrCl2NOS/c1-9-2-4-11(7-12(9)16)19-15(20)8-21-14-6-10(17)3-5-13(14)18/h2-7H,8H2,1H3,(H,19,20). The van der Waals surface area contributed by atoms with E-state index in [2.05, 4.69) is 21.2 Å². The van der Waals surface area contributed by atoms with E-state index < -0.39 is 0 Å². The lowest BCUT2D eigenvalue weighted by atomic mass is 10.2. The minimum Gasteiger partial charge on any atom is -0.325 e. The van der Waals surface area contributed by atoms with Gasteiger partial charge >= 0.3 is 0 Å². The van der Waals surface area contributed by atoms with Crippen LogP contribution in [-0.2, 0) is 4.79 Å². The number of hydrogen-bond acceptors (Lipinski definition) is 2. The van der Waals surface area contributed by atoms with Crippen molar-refractivity contribution >= 4 is 62.5 Å². The van der Waals surface area contributed by atoms with Gasteiger partial charge in [-0.05, 0) is 42.8 Å². The average Bonchev–Trinajstić information content (AvgIpc) is 2.44. The molecule has 0 saturated heterocycles. The molecule has 0 unspecified atom stereocenters. The van der Waals surface area contributed by atoms with E-state index >= 15 is 0 Å². The van der Waals surface area contributed by atoms with Crippen LogP contribution in [-0.4, -0.2) is 11.7 Å². The summed E-state index contributed by atoms with van der Waals surface area (Å²) in [5.41, 5.74) is 1.88. The summed E-state index contributed by atoms with van der Waals surface area (Å²) in [5, 5.41) is 4.04. The number of thioether (sulfide) groups is 1. The van der Waals surface area contributed by atoms with E-state index in [1.807, 2.05) is 25.1 Å². The predicted molar refractivity (Wildman–Crippen MR) is 94.7 cm³/mol. The molecule has 0 atom stereocenters. The molecule has 110 valence electrons. The molecule has 0 spiro atoms. The maximum Gasteiger partial charge on any atom is 0.234 e. The lowest BCUT2D eigenvalue weighted by molar-refractivity contribution is -0.113. The molecule has 2 aromatic rings. The first kappa shape index (κ1) is 16.7. The number of halogens is 3. The van der Waals surface area contributed by atoms with Crippen molar-refractivity contribution in [3.05, 3.63) is 56.5 Å². The van der Waals surface area contributed by atoms with Crippen LogP contribution in [0.3, 0.4) is 0 Å². The van der Waals surface area contributed by atoms with E-state index in [0.29, 0.717) is 10.0 Å². The summed E-state index contributed by atoms with van der Waals surface area (Å²) >= 11 is 16.8. The van der Waals surface area contributed by atoms with Crippen molar-refractivity contribution in [2.75, 3.05) is 11.1 Å². The number of anilines is 1. The van der Waals surface area contributed by atoms with Crippen LogP contribution in [0.25, 0.3) is 0 Å². The lowest BCUT2D eigenvalue weighted by Crippen LogP contribution is -2.14. The number of hydrogen-bond donors (Lipinski definition) is 1. The first-order valence-electron chi connectivity index (χ1n) is 6.09. The first-order chi connectivity index (χ1) is 9.95. The van der Waals surface area contributed by atoms with Gasteiger partial charge in [0.25, 0.3) is 0 Å². The fourth-order valence-corrected chi connectivity index (χ4v) is 3.27. The molecule has 0 aliphatic rings. The summed E-state index contributed by atoms with van der Waals surface area (Å²) in [5.74, 6) is 0.178. The highest BCUT2D eigenvalue weighted by Gasteiger charge is 2.08. The molecule has 1 amide bonds. The summed E-state index contributed by atoms with van der Waals surface area (Å²) in [6, 6.07) is 10.9. The van der Waals surface area contributed by atoms with Crippen molar-refractivity contribution in [3.8, 4) is 0 Å². The Morgan fingerprint density at radius 1 is 1.24 bits per heavy atom. The zero-order valence-corrected chi connectivity index (χ0v) is 15.0. The number of nitrogens with one attached hydrogen (secondary N) is 1. The van der Waals surface area contributed by atoms with Crippen LogP contribution < -0.4 is 5.32 Å². The molecular formula is C15H12BrCl2NOS. The summed E-state index contributed by atoms with van der Waals surface area (Å²) in [7, 11) is 0. The Labute approximate surface area is 146 Å². The molecule has 21 heavy (non-hydrogen) atoms. The van der Waals surface area contributed by atoms with Gasteiger partial charge in [0.15, 0.2) is 0 Å². The van der Waals surface area contributed by atoms with Gasteiger partial charge in [-0.1, -0.05) is 45.2 Å². The van der Waals surface area contributed by atoms with Gasteiger partial charge in [0, 0.05) is 20.1 Å². The number of carbonyl (C=O) groups is 1. The number of carbonyl (C=O) groups excluding carboxylic acids is 1. The molecule has 0 saturated carbocycles. The second-order valence-corrected chi connectivity index (χ2v) is 7.09. The topological polar surface area (TPSA) is 29.1 Å². The maximum atomic E-state index is 12.0. The Morgan fingerprint density at radius 2 is 2.00 bits per heavy atom. The van der Waals surface area contributed by atoms with Crippen LogP contribution in [0.2, 0.25) is 10.0 Å². The lowest BCUT2D eigenvalue weighted by Gasteiger charge is -2.08. The van der Waals surface area contributed by atoms with Gasteiger partial charge in [0.05, 0.1) is 10.8 Å². The normalized spacial score (nSPS) is 10.5. The summed E-state index contributed by atoms with van der Waals surface area (Å²) in [6.45, 7) is 1.99. The van der Waals surface area contributed by atoms with Gasteiger partial charge in [-0.25, -0.2) is 0 Å². The fourth-order valence-electron chi connectivity index (χ4n) is 1.60. The van der Waals surface area contributed by atoms with E-state index in [-0.39, 0.29) is 11.7 Å². The Balaban J connectivity index is 1.95. The molecule has 0 aromatic heterocycles. The van der Waals surface area contributed by atoms with Crippen LogP contribution in [0.1, 0.15) is 5.56 Å². The van der Waals surface area contributed by atoms with E-state index in [1.54, 1.807) is 18.2 Å². The van der Waals surface area contributed by atoms with Crippen molar-refractivity contribution < 1.29 is 4.79 Å². The number of rotatable bonds is 4. The molecule has 0 bridgehead atoms. The third kappa shape index (κ3) is 4.92. The maximum absolute atomic E-state index is 12.0. The zero-order chi connectivity index (χ0) is 15.4. The average molecular weight is 405 g/mol. The molecule has 0 radical (unpaired) electrons. The number of benzene rings is 2. The Hall–Kier alpha value is -0.680. The second kappa shape index (κ2) is 7.54. The zero-order valence-electron chi connectivity index (χ0n) is 11.1. The van der Waals surface area contributed by atoms with Gasteiger partial charge in [-0.3, -0.25) is 4.79 Å². The van der Waals surface area contributed by atoms with Crippen molar-refractivity contribution in [1.29, 1.82) is 0 Å². The van der Waals surface area contributed by atoms with Gasteiger partial charge in [0.1, 0.15) is 0 Å². The van der Waals surface area contributed by atoms with Crippen molar-refractivity contribution in [1.82, 2.24) is 0 Å². The smallest absolute Gasteiger partial charge is 0.234 e. The summed E-state index contributed by atoms with van der Waals surface area (Å²) < 4.78 is 0.964. The highest BCUT2D eigenvalue weighted by Crippen LogP contribution is 2.30. The van der Waals surface area contributed by atoms with Gasteiger partial charge in [-0.15, -0.1) is 11.8 Å². The third-order valence-electron chi connectivity index (χ3n) is 2.71. The molecule has 0 heterocycles. The number of aryl methyl sites for hydroxylation is 1. The fraction of sp³-hybridized carbons (Fsp3) is 0.133. The Morgan fingerprint density at radius 3 is 2.71 bits per heavy atom. The highest BCUT2D eigenvalue weighted by molar-refractivity contribution is 9.10. The van der Waals surface area contributed by atoms with Crippen LogP contribution in [0, 0.1) is 6.92 Å². The van der Waals surface area contributed by atoms with E-state index in [0.717, 1.165) is 20.6 Å². The molecule has 2 aromatic carbocycles. The van der Waals surface area contributed by atoms with Crippen molar-refractivity contribution in [2.45, 2.75) is 11.8 Å². The minimum absolute atomic E-state index is 0.0909. The van der Waals surface area contributed by atoms with Crippen LogP contribution >= 0.6 is 50.9 Å². The highest BCUT2D eigenvalue weighted by atomic mass is 79.9. The largest absolute Gasteiger partial charge is 0.325 e. The molecule has 2 rings (SSSR count). The van der Waals surface area contributed by atoms with E-state index in [9.17, 15) is 4.79 Å². The van der Waals surface area contributed by atoms with Gasteiger partial charge < -0.3 is 5.32 Å². The van der Waals surface area contributed by atoms with Gasteiger partial charge in [0.2, 0.25) is 5.91 Å². The molecule has 0 aliphatic carbocycles. The molecule has 6 heteroatoms. The van der Waals surface area contributed by atoms with E-state index in [4.69, 9.17) is 23.2 Å². The Bertz CT molecular complexity index is 679. The minimum atomic E-state index is -0.0909. The molecule has 1 N–H and O–H groups in total. The van der Waals surface area contributed by atoms with E-state index in [1.165, 1.54) is 11.8 Å². The van der Waals surface area contributed by atoms with Gasteiger partial charge in [-0.2, -0.15) is 0 Å². The summed E-state index contributed by atoms with van der Waals surface area (Å²) in [6.07, 6.45) is 0. The molecule has 0 aliphatic heterocycles. The molecular weight excluding hydrogens is 393 g/mol. The van der Waals surface area contributed by atoms with Crippen LogP contribution in [0.15, 0.2) is 45.8 Å². The predicted octanol–water partition coefficient (Wildman–Crippen LogP) is 5.80. The second-order valence-electron chi connectivity index (χ2n) is 4.38. The monoisotopic (exact) mass is 403 g/mol. The van der Waals surface area contributed by atoms with Crippen molar-refractivity contribution in [3.63, 3.8) is 0 Å². The summed E-state index contributed by atoms with van der Waals surface area (Å²) in [4.78, 5) is 12.8. The molecule has 2 nitrogen and oxygen atoms in total. The van der Waals surface area contributed by atoms with Crippen LogP contribution in [0.5, 0.6) is 0 Å². The Kier molecular flexibility index (Phi) is 5.99. The quantitative estimate of drug-likeness (QED) is 0.652. The first-order valence-corrected chi connectivity index (χ1v) is 8.63. The third-order valence-corrected chi connectivity index (χ3v) is 5.29. The molecule has 0 fully saturated rings.